The molecule has 0 aromatic carbocycles. The first kappa shape index (κ1) is 22.3. The van der Waals surface area contributed by atoms with Crippen molar-refractivity contribution in [3.8, 4) is 0 Å². The number of rotatable bonds is 4. The number of aliphatic hydroxyl groups is 2. The van der Waals surface area contributed by atoms with Crippen molar-refractivity contribution >= 4 is 47.1 Å². The number of hydrogen-bond acceptors (Lipinski definition) is 4. The molecular weight excluding hydrogens is 455 g/mol. The smallest absolute Gasteiger partial charge is 0.184 e. The Bertz CT molecular complexity index is 443. The summed E-state index contributed by atoms with van der Waals surface area (Å²) < 4.78 is 12.7. The molecule has 1 saturated heterocycles. The fourth-order valence-corrected chi connectivity index (χ4v) is 16.6. The summed E-state index contributed by atoms with van der Waals surface area (Å²) in [4.78, 5) is 0. The van der Waals surface area contributed by atoms with Gasteiger partial charge in [-0.25, -0.2) is 0 Å². The maximum atomic E-state index is 11.3. The van der Waals surface area contributed by atoms with Crippen molar-refractivity contribution in [1.29, 1.82) is 0 Å². The Morgan fingerprint density at radius 1 is 0.913 bits per heavy atom. The third-order valence-corrected chi connectivity index (χ3v) is 17.8. The van der Waals surface area contributed by atoms with Gasteiger partial charge >= 0.3 is 0 Å². The highest BCUT2D eigenvalue weighted by Gasteiger charge is 2.72. The van der Waals surface area contributed by atoms with Gasteiger partial charge in [-0.15, -0.1) is 0 Å². The summed E-state index contributed by atoms with van der Waals surface area (Å²) in [5, 5.41) is 21.1. The van der Waals surface area contributed by atoms with Crippen molar-refractivity contribution in [3.63, 3.8) is 0 Å². The van der Waals surface area contributed by atoms with E-state index in [1.807, 2.05) is 6.92 Å². The number of ether oxygens (including phenoxy) is 1. The fourth-order valence-electron chi connectivity index (χ4n) is 3.52. The molecule has 4 nitrogen and oxygen atoms in total. The van der Waals surface area contributed by atoms with E-state index in [4.69, 9.17) is 9.16 Å². The van der Waals surface area contributed by atoms with Crippen LogP contribution in [0.5, 0.6) is 0 Å². The third-order valence-electron chi connectivity index (χ3n) is 4.59. The fraction of sp³-hybridized carbons (Fsp3) is 1.00. The lowest BCUT2D eigenvalue weighted by atomic mass is 10.00. The highest BCUT2D eigenvalue weighted by molar-refractivity contribution is 14.1. The maximum absolute atomic E-state index is 11.3. The zero-order chi connectivity index (χ0) is 18.6. The molecule has 0 amide bonds. The normalized spacial score (nSPS) is 40.3. The molecule has 0 spiro atoms. The second-order valence-corrected chi connectivity index (χ2v) is 27.2. The van der Waals surface area contributed by atoms with Gasteiger partial charge in [-0.2, -0.15) is 0 Å². The van der Waals surface area contributed by atoms with Gasteiger partial charge in [-0.3, -0.25) is 0 Å². The van der Waals surface area contributed by atoms with Gasteiger partial charge in [-0.05, 0) is 49.2 Å². The Balaban J connectivity index is 3.74. The summed E-state index contributed by atoms with van der Waals surface area (Å²) in [5.74, 6) is 0. The Kier molecular flexibility index (Phi) is 6.23. The van der Waals surface area contributed by atoms with E-state index in [0.717, 1.165) is 0 Å². The molecule has 1 rings (SSSR count). The zero-order valence-corrected chi connectivity index (χ0v) is 21.5. The van der Waals surface area contributed by atoms with Crippen LogP contribution in [0.1, 0.15) is 6.92 Å². The van der Waals surface area contributed by atoms with Gasteiger partial charge in [0, 0.05) is 0 Å². The van der Waals surface area contributed by atoms with Crippen LogP contribution in [-0.2, 0) is 9.16 Å². The zero-order valence-electron chi connectivity index (χ0n) is 16.3. The minimum absolute atomic E-state index is 0.400. The van der Waals surface area contributed by atoms with E-state index in [2.05, 4.69) is 81.5 Å². The van der Waals surface area contributed by atoms with Gasteiger partial charge in [0.15, 0.2) is 8.32 Å². The van der Waals surface area contributed by atoms with Crippen molar-refractivity contribution in [2.75, 3.05) is 0 Å². The van der Waals surface area contributed by atoms with Gasteiger partial charge in [0.25, 0.3) is 0 Å². The lowest BCUT2D eigenvalue weighted by Crippen LogP contribution is -2.85. The second-order valence-electron chi connectivity index (χ2n) is 9.80. The van der Waals surface area contributed by atoms with Crippen molar-refractivity contribution in [2.45, 2.75) is 92.6 Å². The summed E-state index contributed by atoms with van der Waals surface area (Å²) in [6, 6.07) is 0. The first-order valence-electron chi connectivity index (χ1n) is 8.34. The molecule has 0 aliphatic carbocycles. The highest BCUT2D eigenvalue weighted by Crippen LogP contribution is 2.55. The molecule has 0 radical (unpaired) electrons. The molecule has 1 heterocycles. The molecule has 5 atom stereocenters. The molecule has 1 aliphatic heterocycles. The van der Waals surface area contributed by atoms with E-state index in [0.29, 0.717) is 0 Å². The number of hydrogen-bond donors (Lipinski definition) is 2. The summed E-state index contributed by atoms with van der Waals surface area (Å²) in [5.41, 5.74) is 0. The van der Waals surface area contributed by atoms with Crippen LogP contribution < -0.4 is 0 Å². The Morgan fingerprint density at radius 2 is 1.35 bits per heavy atom. The highest BCUT2D eigenvalue weighted by atomic mass is 127. The number of alkyl halides is 1. The summed E-state index contributed by atoms with van der Waals surface area (Å²) in [6.07, 6.45) is -2.24. The third kappa shape index (κ3) is 3.69. The van der Waals surface area contributed by atoms with E-state index in [9.17, 15) is 10.2 Å². The largest absolute Gasteiger partial charge is 0.409 e. The summed E-state index contributed by atoms with van der Waals surface area (Å²) >= 11 is 2.42. The molecular formula is C15H35IO4Si3. The van der Waals surface area contributed by atoms with Crippen LogP contribution in [0.4, 0.5) is 0 Å². The van der Waals surface area contributed by atoms with E-state index in [-0.39, 0.29) is 0 Å². The number of aliphatic hydroxyl groups excluding tert-OH is 2. The topological polar surface area (TPSA) is 58.9 Å². The van der Waals surface area contributed by atoms with Crippen LogP contribution in [0.2, 0.25) is 58.9 Å². The standard InChI is InChI=1S/C15H35IO4Si3/c1-11-12(17)13(18)14(21(2,3)4,20-23(8,9)10)15(16,19-11)22(5,6)7/h11-13,17-18H,1-10H3/t11-,12+,13+,14+,15?/m0/s1. The first-order chi connectivity index (χ1) is 9.91. The van der Waals surface area contributed by atoms with Gasteiger partial charge in [0.05, 0.1) is 22.3 Å². The molecule has 1 fully saturated rings. The Labute approximate surface area is 158 Å². The average Bonchev–Trinajstić information content (AvgIpc) is 2.27. The monoisotopic (exact) mass is 490 g/mol. The molecule has 2 N–H and O–H groups in total. The van der Waals surface area contributed by atoms with Crippen LogP contribution >= 0.6 is 22.6 Å². The SMILES string of the molecule is C[C@@H]1OC(I)([Si](C)(C)C)[C@](O[Si](C)(C)C)([Si](C)(C)C)[C@H](O)[C@@H]1O. The predicted octanol–water partition coefficient (Wildman–Crippen LogP) is 3.60. The second kappa shape index (κ2) is 6.43. The van der Waals surface area contributed by atoms with Crippen LogP contribution in [0.3, 0.4) is 0 Å². The maximum Gasteiger partial charge on any atom is 0.184 e. The molecule has 1 aliphatic rings. The van der Waals surface area contributed by atoms with Crippen molar-refractivity contribution in [1.82, 2.24) is 0 Å². The molecule has 8 heteroatoms. The molecule has 0 saturated carbocycles. The molecule has 0 aromatic heterocycles. The van der Waals surface area contributed by atoms with Crippen molar-refractivity contribution in [2.24, 2.45) is 0 Å². The predicted molar refractivity (Wildman–Crippen MR) is 113 cm³/mol. The molecule has 0 bridgehead atoms. The molecule has 138 valence electrons. The van der Waals surface area contributed by atoms with Gasteiger partial charge in [0.1, 0.15) is 20.7 Å². The van der Waals surface area contributed by atoms with Gasteiger partial charge in [0.2, 0.25) is 0 Å². The van der Waals surface area contributed by atoms with Crippen molar-refractivity contribution in [3.05, 3.63) is 0 Å². The Hall–Kier alpha value is 1.22. The van der Waals surface area contributed by atoms with Crippen molar-refractivity contribution < 1.29 is 19.4 Å². The van der Waals surface area contributed by atoms with Crippen LogP contribution in [0.15, 0.2) is 0 Å². The molecule has 23 heavy (non-hydrogen) atoms. The molecule has 0 aromatic rings. The van der Waals surface area contributed by atoms with E-state index in [1.165, 1.54) is 0 Å². The van der Waals surface area contributed by atoms with Crippen LogP contribution in [0, 0.1) is 0 Å². The van der Waals surface area contributed by atoms with Crippen LogP contribution in [-0.4, -0.2) is 61.4 Å². The average molecular weight is 491 g/mol. The minimum atomic E-state index is -2.09. The van der Waals surface area contributed by atoms with Crippen LogP contribution in [0.25, 0.3) is 0 Å². The summed E-state index contributed by atoms with van der Waals surface area (Å²) in [6.45, 7) is 21.7. The lowest BCUT2D eigenvalue weighted by molar-refractivity contribution is -0.219. The first-order valence-corrected chi connectivity index (χ1v) is 19.8. The van der Waals surface area contributed by atoms with Gasteiger partial charge < -0.3 is 19.4 Å². The molecule has 1 unspecified atom stereocenters. The Morgan fingerprint density at radius 3 is 1.65 bits per heavy atom. The van der Waals surface area contributed by atoms with Gasteiger partial charge in [-0.1, -0.05) is 39.3 Å². The lowest BCUT2D eigenvalue weighted by Gasteiger charge is -2.65. The summed E-state index contributed by atoms with van der Waals surface area (Å²) in [7, 11) is -5.99. The van der Waals surface area contributed by atoms with E-state index in [1.54, 1.807) is 0 Å². The van der Waals surface area contributed by atoms with E-state index < -0.39 is 51.2 Å². The quantitative estimate of drug-likeness (QED) is 0.359. The van der Waals surface area contributed by atoms with E-state index >= 15 is 0 Å². The number of halogens is 1. The minimum Gasteiger partial charge on any atom is -0.409 e.